The minimum absolute atomic E-state index is 0.360. The first-order chi connectivity index (χ1) is 14.7. The third-order valence-electron chi connectivity index (χ3n) is 5.96. The molecule has 0 spiro atoms. The number of imidazole rings is 1. The van der Waals surface area contributed by atoms with Gasteiger partial charge < -0.3 is 4.90 Å². The van der Waals surface area contributed by atoms with Crippen LogP contribution in [0.25, 0.3) is 28.7 Å². The molecule has 5 rings (SSSR count). The van der Waals surface area contributed by atoms with E-state index < -0.39 is 0 Å². The molecule has 1 aliphatic heterocycles. The number of anilines is 1. The highest BCUT2D eigenvalue weighted by atomic mass is 15.3. The van der Waals surface area contributed by atoms with Crippen molar-refractivity contribution >= 4 is 23.2 Å². The van der Waals surface area contributed by atoms with Gasteiger partial charge in [-0.05, 0) is 44.0 Å². The lowest BCUT2D eigenvalue weighted by atomic mass is 10.0. The summed E-state index contributed by atoms with van der Waals surface area (Å²) in [6.07, 6.45) is 4.57. The van der Waals surface area contributed by atoms with E-state index in [1.165, 1.54) is 28.3 Å². The second-order valence-electron chi connectivity index (χ2n) is 8.20. The van der Waals surface area contributed by atoms with Gasteiger partial charge in [0.15, 0.2) is 0 Å². The molecule has 0 bridgehead atoms. The third kappa shape index (κ3) is 3.02. The fourth-order valence-electron chi connectivity index (χ4n) is 4.49. The molecule has 1 atom stereocenters. The van der Waals surface area contributed by atoms with Crippen LogP contribution in [0.5, 0.6) is 0 Å². The van der Waals surface area contributed by atoms with Crippen LogP contribution in [0.2, 0.25) is 0 Å². The maximum atomic E-state index is 5.08. The number of nitrogens with zero attached hydrogens (tertiary/aromatic N) is 3. The van der Waals surface area contributed by atoms with Gasteiger partial charge in [-0.1, -0.05) is 79.6 Å². The molecule has 4 aromatic rings. The molecule has 0 saturated carbocycles. The minimum atomic E-state index is 0.360. The number of benzene rings is 2. The zero-order chi connectivity index (χ0) is 20.7. The third-order valence-corrected chi connectivity index (χ3v) is 5.96. The minimum Gasteiger partial charge on any atom is -0.322 e. The molecule has 0 fully saturated rings. The summed E-state index contributed by atoms with van der Waals surface area (Å²) >= 11 is 0. The Morgan fingerprint density at radius 1 is 0.867 bits per heavy atom. The van der Waals surface area contributed by atoms with Gasteiger partial charge in [-0.15, -0.1) is 0 Å². The van der Waals surface area contributed by atoms with Gasteiger partial charge in [0.05, 0.1) is 11.4 Å². The smallest absolute Gasteiger partial charge is 0.146 e. The fourth-order valence-corrected chi connectivity index (χ4v) is 4.49. The van der Waals surface area contributed by atoms with Crippen molar-refractivity contribution in [2.45, 2.75) is 39.7 Å². The molecule has 3 heteroatoms. The van der Waals surface area contributed by atoms with Gasteiger partial charge in [-0.25, -0.2) is 4.98 Å². The first-order valence-corrected chi connectivity index (χ1v) is 10.8. The summed E-state index contributed by atoms with van der Waals surface area (Å²) in [4.78, 5) is 7.58. The molecular formula is C27H27N3. The molecule has 0 saturated heterocycles. The Kier molecular flexibility index (Phi) is 4.66. The number of rotatable bonds is 5. The molecule has 1 unspecified atom stereocenters. The second-order valence-corrected chi connectivity index (χ2v) is 8.20. The van der Waals surface area contributed by atoms with Gasteiger partial charge in [0.1, 0.15) is 17.2 Å². The highest BCUT2D eigenvalue weighted by Gasteiger charge is 2.30. The van der Waals surface area contributed by atoms with E-state index in [1.807, 2.05) is 0 Å². The van der Waals surface area contributed by atoms with Gasteiger partial charge in [0, 0.05) is 11.6 Å². The molecule has 0 aliphatic carbocycles. The van der Waals surface area contributed by atoms with Crippen molar-refractivity contribution in [1.29, 1.82) is 0 Å². The molecule has 3 heterocycles. The van der Waals surface area contributed by atoms with E-state index in [0.29, 0.717) is 6.04 Å². The predicted octanol–water partition coefficient (Wildman–Crippen LogP) is 6.82. The molecule has 3 nitrogen and oxygen atoms in total. The first-order valence-electron chi connectivity index (χ1n) is 10.8. The Balaban J connectivity index is 1.80. The summed E-state index contributed by atoms with van der Waals surface area (Å²) in [5, 5.41) is 0. The van der Waals surface area contributed by atoms with Crippen LogP contribution >= 0.6 is 0 Å². The van der Waals surface area contributed by atoms with Gasteiger partial charge >= 0.3 is 0 Å². The quantitative estimate of drug-likeness (QED) is 0.371. The van der Waals surface area contributed by atoms with Crippen LogP contribution in [-0.4, -0.2) is 15.4 Å². The number of aromatic nitrogens is 2. The van der Waals surface area contributed by atoms with E-state index in [-0.39, 0.29) is 0 Å². The van der Waals surface area contributed by atoms with Crippen molar-refractivity contribution in [3.63, 3.8) is 0 Å². The summed E-state index contributed by atoms with van der Waals surface area (Å²) in [6.45, 7) is 6.72. The number of aryl methyl sites for hydroxylation is 1. The average Bonchev–Trinajstić information content (AvgIpc) is 3.16. The molecule has 30 heavy (non-hydrogen) atoms. The standard InChI is InChI=1S/C27H27N3/c1-4-9-20(3)29-24(21-16-14-19(2)15-17-21)18-23-12-8-13-25-28-26(27(29)30(23)25)22-10-6-5-7-11-22/h5-8,10-18,20H,4,9H2,1-3H3. The Hall–Kier alpha value is -3.33. The van der Waals surface area contributed by atoms with E-state index in [9.17, 15) is 0 Å². The Morgan fingerprint density at radius 3 is 2.37 bits per heavy atom. The van der Waals surface area contributed by atoms with E-state index in [1.54, 1.807) is 0 Å². The van der Waals surface area contributed by atoms with Crippen molar-refractivity contribution in [2.24, 2.45) is 0 Å². The van der Waals surface area contributed by atoms with Crippen LogP contribution in [0.1, 0.15) is 43.5 Å². The lowest BCUT2D eigenvalue weighted by Gasteiger charge is -2.36. The lowest BCUT2D eigenvalue weighted by molar-refractivity contribution is 0.630. The number of hydrogen-bond donors (Lipinski definition) is 0. The molecule has 0 amide bonds. The van der Waals surface area contributed by atoms with Crippen LogP contribution in [0.15, 0.2) is 72.8 Å². The summed E-state index contributed by atoms with van der Waals surface area (Å²) in [6, 6.07) is 26.2. The van der Waals surface area contributed by atoms with Crippen LogP contribution in [-0.2, 0) is 0 Å². The van der Waals surface area contributed by atoms with Crippen molar-refractivity contribution < 1.29 is 0 Å². The zero-order valence-corrected chi connectivity index (χ0v) is 17.8. The molecule has 2 aromatic carbocycles. The monoisotopic (exact) mass is 393 g/mol. The number of hydrogen-bond acceptors (Lipinski definition) is 2. The van der Waals surface area contributed by atoms with Gasteiger partial charge in [-0.2, -0.15) is 0 Å². The maximum absolute atomic E-state index is 5.08. The Morgan fingerprint density at radius 2 is 1.63 bits per heavy atom. The maximum Gasteiger partial charge on any atom is 0.146 e. The fraction of sp³-hybridized carbons (Fsp3) is 0.222. The van der Waals surface area contributed by atoms with Crippen molar-refractivity contribution in [2.75, 3.05) is 4.90 Å². The molecule has 0 N–H and O–H groups in total. The summed E-state index contributed by atoms with van der Waals surface area (Å²) in [5.74, 6) is 1.17. The lowest BCUT2D eigenvalue weighted by Crippen LogP contribution is -2.34. The summed E-state index contributed by atoms with van der Waals surface area (Å²) in [7, 11) is 0. The van der Waals surface area contributed by atoms with E-state index in [4.69, 9.17) is 4.98 Å². The second kappa shape index (κ2) is 7.49. The van der Waals surface area contributed by atoms with E-state index >= 15 is 0 Å². The van der Waals surface area contributed by atoms with Crippen LogP contribution in [0.3, 0.4) is 0 Å². The van der Waals surface area contributed by atoms with Crippen LogP contribution in [0, 0.1) is 6.92 Å². The molecular weight excluding hydrogens is 366 g/mol. The zero-order valence-electron chi connectivity index (χ0n) is 17.8. The number of pyridine rings is 1. The normalized spacial score (nSPS) is 14.1. The molecule has 2 aromatic heterocycles. The van der Waals surface area contributed by atoms with Crippen molar-refractivity contribution in [3.8, 4) is 11.3 Å². The van der Waals surface area contributed by atoms with Crippen LogP contribution in [0.4, 0.5) is 5.82 Å². The summed E-state index contributed by atoms with van der Waals surface area (Å²) in [5.41, 5.74) is 8.13. The highest BCUT2D eigenvalue weighted by Crippen LogP contribution is 2.42. The summed E-state index contributed by atoms with van der Waals surface area (Å²) < 4.78 is 2.31. The molecule has 1 aliphatic rings. The molecule has 150 valence electrons. The largest absolute Gasteiger partial charge is 0.322 e. The Labute approximate surface area is 178 Å². The SMILES string of the molecule is CCCC(C)N1C(c2ccc(C)cc2)=Cc2cccc3nc(-c4ccccc4)c1n23. The van der Waals surface area contributed by atoms with Gasteiger partial charge in [-0.3, -0.25) is 4.40 Å². The van der Waals surface area contributed by atoms with Crippen molar-refractivity contribution in [1.82, 2.24) is 9.38 Å². The van der Waals surface area contributed by atoms with Gasteiger partial charge in [0.25, 0.3) is 0 Å². The van der Waals surface area contributed by atoms with Crippen molar-refractivity contribution in [3.05, 3.63) is 89.6 Å². The predicted molar refractivity (Wildman–Crippen MR) is 127 cm³/mol. The molecule has 0 radical (unpaired) electrons. The van der Waals surface area contributed by atoms with Gasteiger partial charge in [0.2, 0.25) is 0 Å². The van der Waals surface area contributed by atoms with E-state index in [0.717, 1.165) is 29.7 Å². The topological polar surface area (TPSA) is 20.5 Å². The van der Waals surface area contributed by atoms with E-state index in [2.05, 4.69) is 109 Å². The Bertz CT molecular complexity index is 1220. The highest BCUT2D eigenvalue weighted by molar-refractivity contribution is 5.97. The first kappa shape index (κ1) is 18.7. The average molecular weight is 394 g/mol. The van der Waals surface area contributed by atoms with Crippen LogP contribution < -0.4 is 4.90 Å².